The Morgan fingerprint density at radius 1 is 1.54 bits per heavy atom. The first kappa shape index (κ1) is 9.95. The zero-order valence-corrected chi connectivity index (χ0v) is 8.30. The highest BCUT2D eigenvalue weighted by atomic mass is 32.1. The zero-order chi connectivity index (χ0) is 8.39. The van der Waals surface area contributed by atoms with Crippen LogP contribution in [-0.4, -0.2) is 4.98 Å². The van der Waals surface area contributed by atoms with E-state index in [-0.39, 0.29) is 6.15 Å². The van der Waals surface area contributed by atoms with Crippen molar-refractivity contribution in [3.63, 3.8) is 0 Å². The Labute approximate surface area is 81.0 Å². The molecule has 0 aliphatic carbocycles. The monoisotopic (exact) mass is 196 g/mol. The lowest BCUT2D eigenvalue weighted by atomic mass is 10.2. The lowest BCUT2D eigenvalue weighted by Gasteiger charge is -1.92. The van der Waals surface area contributed by atoms with E-state index in [0.717, 1.165) is 12.1 Å². The van der Waals surface area contributed by atoms with E-state index in [4.69, 9.17) is 4.42 Å². The third kappa shape index (κ3) is 2.17. The molecule has 0 amide bonds. The first-order chi connectivity index (χ1) is 5.86. The van der Waals surface area contributed by atoms with Crippen molar-refractivity contribution in [1.82, 2.24) is 11.1 Å². The Kier molecular flexibility index (Phi) is 3.22. The van der Waals surface area contributed by atoms with Crippen LogP contribution in [0.1, 0.15) is 16.1 Å². The Morgan fingerprint density at radius 3 is 2.92 bits per heavy atom. The van der Waals surface area contributed by atoms with Gasteiger partial charge < -0.3 is 10.6 Å². The first-order valence-electron chi connectivity index (χ1n) is 3.76. The highest BCUT2D eigenvalue weighted by Crippen LogP contribution is 2.17. The lowest BCUT2D eigenvalue weighted by Crippen LogP contribution is -1.84. The fraction of sp³-hybridized carbons (Fsp3) is 0.222. The maximum Gasteiger partial charge on any atom is 0.0938 e. The molecule has 4 heteroatoms. The minimum Gasteiger partial charge on any atom is -0.472 e. The molecular formula is C9H12N2OS. The van der Waals surface area contributed by atoms with Crippen molar-refractivity contribution in [3.8, 4) is 0 Å². The summed E-state index contributed by atoms with van der Waals surface area (Å²) in [6, 6.07) is 1.99. The van der Waals surface area contributed by atoms with Crippen LogP contribution >= 0.6 is 11.3 Å². The summed E-state index contributed by atoms with van der Waals surface area (Å²) in [4.78, 5) is 5.50. The average Bonchev–Trinajstić information content (AvgIpc) is 2.65. The summed E-state index contributed by atoms with van der Waals surface area (Å²) >= 11 is 1.69. The minimum absolute atomic E-state index is 0. The highest BCUT2D eigenvalue weighted by molar-refractivity contribution is 7.09. The van der Waals surface area contributed by atoms with Crippen LogP contribution in [0.4, 0.5) is 0 Å². The topological polar surface area (TPSA) is 61.0 Å². The van der Waals surface area contributed by atoms with Gasteiger partial charge in [0.15, 0.2) is 0 Å². The third-order valence-electron chi connectivity index (χ3n) is 1.79. The van der Waals surface area contributed by atoms with Crippen LogP contribution in [0.25, 0.3) is 0 Å². The van der Waals surface area contributed by atoms with Gasteiger partial charge in [0.2, 0.25) is 0 Å². The van der Waals surface area contributed by atoms with Gasteiger partial charge >= 0.3 is 0 Å². The molecule has 2 heterocycles. The van der Waals surface area contributed by atoms with Crippen molar-refractivity contribution in [2.24, 2.45) is 0 Å². The molecule has 2 rings (SSSR count). The van der Waals surface area contributed by atoms with E-state index in [2.05, 4.69) is 4.98 Å². The summed E-state index contributed by atoms with van der Waals surface area (Å²) in [6.45, 7) is 2.03. The van der Waals surface area contributed by atoms with Gasteiger partial charge in [0.1, 0.15) is 0 Å². The predicted molar refractivity (Wildman–Crippen MR) is 53.4 cm³/mol. The van der Waals surface area contributed by atoms with E-state index >= 15 is 0 Å². The predicted octanol–water partition coefficient (Wildman–Crippen LogP) is 2.80. The molecule has 0 aliphatic rings. The largest absolute Gasteiger partial charge is 0.472 e. The van der Waals surface area contributed by atoms with Gasteiger partial charge in [-0.3, -0.25) is 0 Å². The van der Waals surface area contributed by atoms with Gasteiger partial charge in [0.05, 0.1) is 23.7 Å². The van der Waals surface area contributed by atoms with E-state index < -0.39 is 0 Å². The van der Waals surface area contributed by atoms with E-state index in [1.165, 1.54) is 10.4 Å². The molecule has 70 valence electrons. The summed E-state index contributed by atoms with van der Waals surface area (Å²) < 4.78 is 4.99. The van der Waals surface area contributed by atoms with E-state index in [9.17, 15) is 0 Å². The molecule has 0 saturated carbocycles. The molecule has 0 unspecified atom stereocenters. The van der Waals surface area contributed by atoms with Crippen LogP contribution < -0.4 is 6.15 Å². The van der Waals surface area contributed by atoms with Crippen molar-refractivity contribution >= 4 is 11.3 Å². The Bertz CT molecular complexity index is 353. The summed E-state index contributed by atoms with van der Waals surface area (Å²) in [5.41, 5.74) is 4.22. The van der Waals surface area contributed by atoms with Gasteiger partial charge in [-0.1, -0.05) is 0 Å². The molecule has 0 aliphatic heterocycles. The number of hydrogen-bond donors (Lipinski definition) is 1. The van der Waals surface area contributed by atoms with E-state index in [1.54, 1.807) is 23.9 Å². The number of aryl methyl sites for hydroxylation is 1. The number of furan rings is 1. The van der Waals surface area contributed by atoms with Gasteiger partial charge in [-0.25, -0.2) is 4.98 Å². The summed E-state index contributed by atoms with van der Waals surface area (Å²) in [5, 5.41) is 0. The maximum atomic E-state index is 4.99. The maximum absolute atomic E-state index is 4.99. The van der Waals surface area contributed by atoms with E-state index in [1.807, 2.05) is 18.5 Å². The van der Waals surface area contributed by atoms with Crippen LogP contribution in [0.2, 0.25) is 0 Å². The number of rotatable bonds is 2. The van der Waals surface area contributed by atoms with Gasteiger partial charge in [0.25, 0.3) is 0 Å². The average molecular weight is 196 g/mol. The van der Waals surface area contributed by atoms with Crippen LogP contribution in [0.5, 0.6) is 0 Å². The standard InChI is InChI=1S/C9H9NOS.H3N/c1-7-9(12-6-10-7)4-8-2-3-11-5-8;/h2-3,5-6H,4H2,1H3;1H3. The second-order valence-electron chi connectivity index (χ2n) is 2.67. The number of nitrogens with zero attached hydrogens (tertiary/aromatic N) is 1. The van der Waals surface area contributed by atoms with Crippen molar-refractivity contribution in [2.75, 3.05) is 0 Å². The SMILES string of the molecule is Cc1ncsc1Cc1ccoc1.N. The second kappa shape index (κ2) is 4.20. The number of thiazole rings is 1. The normalized spacial score (nSPS) is 9.62. The van der Waals surface area contributed by atoms with Gasteiger partial charge in [-0.15, -0.1) is 11.3 Å². The van der Waals surface area contributed by atoms with Crippen molar-refractivity contribution in [1.29, 1.82) is 0 Å². The molecule has 0 atom stereocenters. The molecule has 0 radical (unpaired) electrons. The van der Waals surface area contributed by atoms with Crippen molar-refractivity contribution < 1.29 is 4.42 Å². The van der Waals surface area contributed by atoms with Crippen molar-refractivity contribution in [3.05, 3.63) is 40.2 Å². The highest BCUT2D eigenvalue weighted by Gasteiger charge is 2.02. The molecule has 0 aromatic carbocycles. The van der Waals surface area contributed by atoms with Gasteiger partial charge in [-0.2, -0.15) is 0 Å². The molecule has 0 fully saturated rings. The molecule has 13 heavy (non-hydrogen) atoms. The number of aromatic nitrogens is 1. The summed E-state index contributed by atoms with van der Waals surface area (Å²) in [7, 11) is 0. The van der Waals surface area contributed by atoms with Gasteiger partial charge in [-0.05, 0) is 18.6 Å². The Balaban J connectivity index is 0.000000845. The smallest absolute Gasteiger partial charge is 0.0938 e. The summed E-state index contributed by atoms with van der Waals surface area (Å²) in [6.07, 6.45) is 4.41. The van der Waals surface area contributed by atoms with Crippen LogP contribution in [-0.2, 0) is 6.42 Å². The molecule has 0 saturated heterocycles. The molecule has 0 spiro atoms. The molecule has 2 aromatic rings. The second-order valence-corrected chi connectivity index (χ2v) is 3.61. The molecule has 3 N–H and O–H groups in total. The first-order valence-corrected chi connectivity index (χ1v) is 4.64. The Hall–Kier alpha value is -1.13. The molecular weight excluding hydrogens is 184 g/mol. The quantitative estimate of drug-likeness (QED) is 0.803. The fourth-order valence-electron chi connectivity index (χ4n) is 1.07. The summed E-state index contributed by atoms with van der Waals surface area (Å²) in [5.74, 6) is 0. The molecule has 3 nitrogen and oxygen atoms in total. The zero-order valence-electron chi connectivity index (χ0n) is 7.49. The molecule has 0 bridgehead atoms. The Morgan fingerprint density at radius 2 is 2.38 bits per heavy atom. The molecule has 2 aromatic heterocycles. The minimum atomic E-state index is 0. The van der Waals surface area contributed by atoms with Crippen LogP contribution in [0, 0.1) is 6.92 Å². The fourth-order valence-corrected chi connectivity index (χ4v) is 1.89. The third-order valence-corrected chi connectivity index (χ3v) is 2.72. The van der Waals surface area contributed by atoms with Crippen LogP contribution in [0.15, 0.2) is 28.5 Å². The lowest BCUT2D eigenvalue weighted by molar-refractivity contribution is 0.564. The van der Waals surface area contributed by atoms with Crippen LogP contribution in [0.3, 0.4) is 0 Å². The number of hydrogen-bond acceptors (Lipinski definition) is 4. The van der Waals surface area contributed by atoms with Gasteiger partial charge in [0, 0.05) is 11.3 Å². The van der Waals surface area contributed by atoms with E-state index in [0.29, 0.717) is 0 Å². The van der Waals surface area contributed by atoms with Crippen molar-refractivity contribution in [2.45, 2.75) is 13.3 Å².